The molecule has 1 aliphatic rings. The zero-order chi connectivity index (χ0) is 12.3. The Kier molecular flexibility index (Phi) is 4.18. The first-order valence-electron chi connectivity index (χ1n) is 6.64. The number of rotatable bonds is 5. The summed E-state index contributed by atoms with van der Waals surface area (Å²) in [6.07, 6.45) is 4.92. The van der Waals surface area contributed by atoms with Crippen molar-refractivity contribution >= 4 is 0 Å². The lowest BCUT2D eigenvalue weighted by atomic mass is 10.3. The lowest BCUT2D eigenvalue weighted by Crippen LogP contribution is -2.24. The molecule has 1 fully saturated rings. The van der Waals surface area contributed by atoms with Crippen molar-refractivity contribution in [1.29, 1.82) is 0 Å². The largest absolute Gasteiger partial charge is 0.334 e. The molecular weight excluding hydrogens is 212 g/mol. The smallest absolute Gasteiger partial charge is 0.105 e. The number of nitrogens with zero attached hydrogens (tertiary/aromatic N) is 3. The fourth-order valence-electron chi connectivity index (χ4n) is 2.37. The molecule has 0 radical (unpaired) electrons. The molecule has 0 spiro atoms. The third kappa shape index (κ3) is 3.07. The molecule has 2 heterocycles. The highest BCUT2D eigenvalue weighted by atomic mass is 15.2. The fraction of sp³-hybridized carbons (Fsp3) is 0.769. The Hall–Kier alpha value is -0.870. The van der Waals surface area contributed by atoms with Gasteiger partial charge in [-0.3, -0.25) is 0 Å². The highest BCUT2D eigenvalue weighted by molar-refractivity contribution is 5.07. The summed E-state index contributed by atoms with van der Waals surface area (Å²) in [5.41, 5.74) is 1.14. The first-order chi connectivity index (χ1) is 8.20. The van der Waals surface area contributed by atoms with Gasteiger partial charge in [0, 0.05) is 25.3 Å². The minimum atomic E-state index is 0.335. The number of hydrogen-bond acceptors (Lipinski definition) is 3. The quantitative estimate of drug-likeness (QED) is 0.842. The summed E-state index contributed by atoms with van der Waals surface area (Å²) in [7, 11) is 1.98. The lowest BCUT2D eigenvalue weighted by Gasteiger charge is -2.15. The second-order valence-corrected chi connectivity index (χ2v) is 4.97. The third-order valence-corrected chi connectivity index (χ3v) is 3.73. The van der Waals surface area contributed by atoms with Crippen molar-refractivity contribution in [1.82, 2.24) is 19.8 Å². The van der Waals surface area contributed by atoms with Gasteiger partial charge >= 0.3 is 0 Å². The van der Waals surface area contributed by atoms with Gasteiger partial charge in [0.2, 0.25) is 0 Å². The van der Waals surface area contributed by atoms with Gasteiger partial charge in [0.15, 0.2) is 0 Å². The lowest BCUT2D eigenvalue weighted by molar-refractivity contribution is 0.321. The topological polar surface area (TPSA) is 33.1 Å². The summed E-state index contributed by atoms with van der Waals surface area (Å²) in [5.74, 6) is 1.13. The van der Waals surface area contributed by atoms with Crippen molar-refractivity contribution in [2.24, 2.45) is 0 Å². The number of nitrogens with one attached hydrogen (secondary N) is 1. The van der Waals surface area contributed by atoms with Crippen molar-refractivity contribution in [3.05, 3.63) is 17.7 Å². The van der Waals surface area contributed by atoms with Gasteiger partial charge in [0.25, 0.3) is 0 Å². The highest BCUT2D eigenvalue weighted by Crippen LogP contribution is 2.12. The monoisotopic (exact) mass is 236 g/mol. The number of hydrogen-bond donors (Lipinski definition) is 1. The zero-order valence-electron chi connectivity index (χ0n) is 11.2. The summed E-state index contributed by atoms with van der Waals surface area (Å²) in [6.45, 7) is 9.00. The van der Waals surface area contributed by atoms with E-state index in [4.69, 9.17) is 0 Å². The Balaban J connectivity index is 1.93. The van der Waals surface area contributed by atoms with Gasteiger partial charge in [0.1, 0.15) is 5.82 Å². The maximum Gasteiger partial charge on any atom is 0.105 e. The molecule has 17 heavy (non-hydrogen) atoms. The Morgan fingerprint density at radius 3 is 2.71 bits per heavy atom. The number of likely N-dealkylation sites (tertiary alicyclic amines) is 1. The molecule has 96 valence electrons. The van der Waals surface area contributed by atoms with Crippen LogP contribution >= 0.6 is 0 Å². The van der Waals surface area contributed by atoms with E-state index < -0.39 is 0 Å². The van der Waals surface area contributed by atoms with Crippen LogP contribution < -0.4 is 5.32 Å². The van der Waals surface area contributed by atoms with Crippen LogP contribution in [0.1, 0.15) is 37.3 Å². The molecule has 1 atom stereocenters. The van der Waals surface area contributed by atoms with E-state index >= 15 is 0 Å². The van der Waals surface area contributed by atoms with Crippen molar-refractivity contribution < 1.29 is 0 Å². The molecule has 1 aliphatic heterocycles. The van der Waals surface area contributed by atoms with Crippen molar-refractivity contribution in [2.45, 2.75) is 39.3 Å². The van der Waals surface area contributed by atoms with Crippen molar-refractivity contribution in [2.75, 3.05) is 26.7 Å². The van der Waals surface area contributed by atoms with E-state index in [1.165, 1.54) is 25.9 Å². The molecule has 1 unspecified atom stereocenters. The third-order valence-electron chi connectivity index (χ3n) is 3.73. The molecule has 0 bridgehead atoms. The summed E-state index contributed by atoms with van der Waals surface area (Å²) >= 11 is 0. The first kappa shape index (κ1) is 12.6. The zero-order valence-corrected chi connectivity index (χ0v) is 11.2. The van der Waals surface area contributed by atoms with Crippen molar-refractivity contribution in [3.8, 4) is 0 Å². The minimum Gasteiger partial charge on any atom is -0.334 e. The van der Waals surface area contributed by atoms with E-state index in [2.05, 4.69) is 39.8 Å². The van der Waals surface area contributed by atoms with Gasteiger partial charge in [-0.1, -0.05) is 0 Å². The van der Waals surface area contributed by atoms with Crippen LogP contribution in [-0.2, 0) is 6.54 Å². The molecule has 0 aromatic carbocycles. The van der Waals surface area contributed by atoms with Gasteiger partial charge in [-0.2, -0.15) is 0 Å². The first-order valence-corrected chi connectivity index (χ1v) is 6.64. The molecule has 4 heteroatoms. The van der Waals surface area contributed by atoms with E-state index in [9.17, 15) is 0 Å². The Bertz CT molecular complexity index is 352. The van der Waals surface area contributed by atoms with Gasteiger partial charge in [-0.25, -0.2) is 4.98 Å². The van der Waals surface area contributed by atoms with Crippen molar-refractivity contribution in [3.63, 3.8) is 0 Å². The minimum absolute atomic E-state index is 0.335. The van der Waals surface area contributed by atoms with Crippen LogP contribution in [0.25, 0.3) is 0 Å². The summed E-state index contributed by atoms with van der Waals surface area (Å²) in [5, 5.41) is 3.23. The molecule has 1 aromatic rings. The number of aromatic nitrogens is 2. The average Bonchev–Trinajstić information content (AvgIpc) is 2.95. The normalized spacial score (nSPS) is 18.8. The maximum absolute atomic E-state index is 4.61. The van der Waals surface area contributed by atoms with Crippen LogP contribution in [0.2, 0.25) is 0 Å². The summed E-state index contributed by atoms with van der Waals surface area (Å²) in [6, 6.07) is 0.335. The average molecular weight is 236 g/mol. The molecule has 0 saturated carbocycles. The van der Waals surface area contributed by atoms with Crippen LogP contribution in [0, 0.1) is 6.92 Å². The SMILES string of the molecule is CNC(C)c1cn(CCN2CCCC2)c(C)n1. The fourth-order valence-corrected chi connectivity index (χ4v) is 2.37. The Labute approximate surface area is 104 Å². The second kappa shape index (κ2) is 5.65. The summed E-state index contributed by atoms with van der Waals surface area (Å²) in [4.78, 5) is 7.15. The van der Waals surface area contributed by atoms with E-state index in [0.717, 1.165) is 24.6 Å². The molecule has 4 nitrogen and oxygen atoms in total. The highest BCUT2D eigenvalue weighted by Gasteiger charge is 2.13. The summed E-state index contributed by atoms with van der Waals surface area (Å²) < 4.78 is 2.28. The maximum atomic E-state index is 4.61. The van der Waals surface area contributed by atoms with E-state index in [0.29, 0.717) is 6.04 Å². The Morgan fingerprint density at radius 1 is 1.35 bits per heavy atom. The van der Waals surface area contributed by atoms with Gasteiger partial charge in [-0.05, 0) is 46.8 Å². The van der Waals surface area contributed by atoms with Crippen LogP contribution in [0.4, 0.5) is 0 Å². The van der Waals surface area contributed by atoms with E-state index in [-0.39, 0.29) is 0 Å². The molecule has 0 amide bonds. The molecule has 0 aliphatic carbocycles. The van der Waals surface area contributed by atoms with Crippen LogP contribution in [0.5, 0.6) is 0 Å². The Morgan fingerprint density at radius 2 is 2.06 bits per heavy atom. The second-order valence-electron chi connectivity index (χ2n) is 4.97. The van der Waals surface area contributed by atoms with E-state index in [1.807, 2.05) is 7.05 Å². The molecule has 1 aromatic heterocycles. The standard InChI is InChI=1S/C13H24N4/c1-11(14-3)13-10-17(12(2)15-13)9-8-16-6-4-5-7-16/h10-11,14H,4-9H2,1-3H3. The molecule has 2 rings (SSSR count). The van der Waals surface area contributed by atoms with Crippen LogP contribution in [0.15, 0.2) is 6.20 Å². The van der Waals surface area contributed by atoms with Gasteiger partial charge < -0.3 is 14.8 Å². The predicted octanol–water partition coefficient (Wildman–Crippen LogP) is 1.57. The number of imidazole rings is 1. The van der Waals surface area contributed by atoms with Gasteiger partial charge in [-0.15, -0.1) is 0 Å². The van der Waals surface area contributed by atoms with Crippen LogP contribution in [-0.4, -0.2) is 41.1 Å². The predicted molar refractivity (Wildman–Crippen MR) is 70.1 cm³/mol. The molecular formula is C13H24N4. The van der Waals surface area contributed by atoms with E-state index in [1.54, 1.807) is 0 Å². The van der Waals surface area contributed by atoms with Crippen LogP contribution in [0.3, 0.4) is 0 Å². The molecule has 1 saturated heterocycles. The van der Waals surface area contributed by atoms with Gasteiger partial charge in [0.05, 0.1) is 5.69 Å². The number of aryl methyl sites for hydroxylation is 1. The molecule has 1 N–H and O–H groups in total.